The molecule has 0 unspecified atom stereocenters. The van der Waals surface area contributed by atoms with Crippen LogP contribution in [0.4, 0.5) is 0 Å². The third kappa shape index (κ3) is 2.68. The van der Waals surface area contributed by atoms with Gasteiger partial charge in [0.15, 0.2) is 4.90 Å². The number of nitrogens with one attached hydrogen (secondary N) is 1. The van der Waals surface area contributed by atoms with E-state index in [0.29, 0.717) is 37.7 Å². The van der Waals surface area contributed by atoms with E-state index in [9.17, 15) is 8.42 Å². The Kier molecular flexibility index (Phi) is 4.28. The summed E-state index contributed by atoms with van der Waals surface area (Å²) in [5.74, 6) is 0.607. The van der Waals surface area contributed by atoms with Gasteiger partial charge in [0, 0.05) is 26.2 Å². The normalized spacial score (nSPS) is 17.2. The van der Waals surface area contributed by atoms with Crippen molar-refractivity contribution in [3.05, 3.63) is 18.2 Å². The van der Waals surface area contributed by atoms with Crippen LogP contribution in [0.25, 0.3) is 0 Å². The zero-order valence-electron chi connectivity index (χ0n) is 11.0. The highest BCUT2D eigenvalue weighted by Gasteiger charge is 2.31. The molecule has 1 aliphatic heterocycles. The summed E-state index contributed by atoms with van der Waals surface area (Å²) in [6.07, 6.45) is 0. The van der Waals surface area contributed by atoms with Gasteiger partial charge in [0.2, 0.25) is 0 Å². The molecule has 2 rings (SSSR count). The highest BCUT2D eigenvalue weighted by Crippen LogP contribution is 2.35. The largest absolute Gasteiger partial charge is 0.495 e. The first kappa shape index (κ1) is 14.1. The minimum absolute atomic E-state index is 0.0990. The lowest BCUT2D eigenvalue weighted by atomic mass is 10.3. The fraction of sp³-hybridized carbons (Fsp3) is 0.500. The van der Waals surface area contributed by atoms with Gasteiger partial charge < -0.3 is 14.8 Å². The molecule has 106 valence electrons. The summed E-state index contributed by atoms with van der Waals surface area (Å²) in [5, 5.41) is 3.13. The molecule has 6 nitrogen and oxygen atoms in total. The van der Waals surface area contributed by atoms with E-state index >= 15 is 0 Å². The van der Waals surface area contributed by atoms with Crippen LogP contribution in [0.2, 0.25) is 0 Å². The van der Waals surface area contributed by atoms with Crippen molar-refractivity contribution in [2.45, 2.75) is 4.90 Å². The lowest BCUT2D eigenvalue weighted by molar-refractivity contribution is 0.344. The number of methoxy groups -OCH3 is 2. The van der Waals surface area contributed by atoms with Crippen molar-refractivity contribution in [2.24, 2.45) is 0 Å². The quantitative estimate of drug-likeness (QED) is 0.862. The molecular formula is C12H18N2O4S. The first-order chi connectivity index (χ1) is 9.11. The molecule has 0 aliphatic carbocycles. The fourth-order valence-electron chi connectivity index (χ4n) is 2.09. The average Bonchev–Trinajstić information content (AvgIpc) is 2.47. The maximum Gasteiger partial charge on any atom is 0.250 e. The molecule has 1 aromatic carbocycles. The number of hydrogen-bond donors (Lipinski definition) is 1. The zero-order chi connectivity index (χ0) is 13.9. The number of benzene rings is 1. The second kappa shape index (κ2) is 5.77. The Morgan fingerprint density at radius 2 is 1.63 bits per heavy atom. The number of nitrogens with zero attached hydrogens (tertiary/aromatic N) is 1. The van der Waals surface area contributed by atoms with Crippen LogP contribution in [-0.2, 0) is 10.0 Å². The first-order valence-electron chi connectivity index (χ1n) is 6.03. The summed E-state index contributed by atoms with van der Waals surface area (Å²) in [6, 6.07) is 4.95. The van der Waals surface area contributed by atoms with Crippen LogP contribution in [0.5, 0.6) is 11.5 Å². The number of hydrogen-bond acceptors (Lipinski definition) is 5. The standard InChI is InChI=1S/C12H18N2O4S/c1-17-10-4-3-5-11(18-2)12(10)19(15,16)14-8-6-13-7-9-14/h3-5,13H,6-9H2,1-2H3. The van der Waals surface area contributed by atoms with Gasteiger partial charge in [-0.25, -0.2) is 8.42 Å². The molecule has 0 saturated carbocycles. The summed E-state index contributed by atoms with van der Waals surface area (Å²) < 4.78 is 37.1. The Morgan fingerprint density at radius 1 is 1.11 bits per heavy atom. The Labute approximate surface area is 113 Å². The smallest absolute Gasteiger partial charge is 0.250 e. The van der Waals surface area contributed by atoms with Crippen molar-refractivity contribution >= 4 is 10.0 Å². The summed E-state index contributed by atoms with van der Waals surface area (Å²) >= 11 is 0. The van der Waals surface area contributed by atoms with Gasteiger partial charge in [-0.15, -0.1) is 0 Å². The van der Waals surface area contributed by atoms with E-state index in [2.05, 4.69) is 5.32 Å². The van der Waals surface area contributed by atoms with Gasteiger partial charge in [-0.05, 0) is 12.1 Å². The third-order valence-electron chi connectivity index (χ3n) is 3.06. The fourth-order valence-corrected chi connectivity index (χ4v) is 3.82. The van der Waals surface area contributed by atoms with E-state index in [4.69, 9.17) is 9.47 Å². The molecule has 0 radical (unpaired) electrons. The molecule has 1 saturated heterocycles. The van der Waals surface area contributed by atoms with Crippen LogP contribution in [0.1, 0.15) is 0 Å². The van der Waals surface area contributed by atoms with Gasteiger partial charge in [0.1, 0.15) is 11.5 Å². The van der Waals surface area contributed by atoms with Crippen LogP contribution in [-0.4, -0.2) is 53.1 Å². The second-order valence-electron chi connectivity index (χ2n) is 4.15. The number of sulfonamides is 1. The Balaban J connectivity index is 2.49. The summed E-state index contributed by atoms with van der Waals surface area (Å²) in [4.78, 5) is 0.0990. The highest BCUT2D eigenvalue weighted by atomic mass is 32.2. The predicted octanol–water partition coefficient (Wildman–Crippen LogP) is 0.298. The minimum atomic E-state index is -3.60. The van der Waals surface area contributed by atoms with E-state index < -0.39 is 10.0 Å². The van der Waals surface area contributed by atoms with Crippen molar-refractivity contribution in [3.8, 4) is 11.5 Å². The topological polar surface area (TPSA) is 67.9 Å². The second-order valence-corrected chi connectivity index (χ2v) is 6.02. The third-order valence-corrected chi connectivity index (χ3v) is 5.02. The van der Waals surface area contributed by atoms with Crippen molar-refractivity contribution in [1.29, 1.82) is 0 Å². The lowest BCUT2D eigenvalue weighted by Gasteiger charge is -2.27. The van der Waals surface area contributed by atoms with Crippen molar-refractivity contribution < 1.29 is 17.9 Å². The molecule has 0 amide bonds. The summed E-state index contributed by atoms with van der Waals surface area (Å²) in [7, 11) is -0.704. The van der Waals surface area contributed by atoms with Crippen LogP contribution >= 0.6 is 0 Å². The molecule has 1 aromatic rings. The Hall–Kier alpha value is -1.31. The molecule has 0 bridgehead atoms. The van der Waals surface area contributed by atoms with E-state index in [1.165, 1.54) is 18.5 Å². The molecule has 0 aromatic heterocycles. The Bertz CT molecular complexity index is 516. The average molecular weight is 286 g/mol. The van der Waals surface area contributed by atoms with Gasteiger partial charge >= 0.3 is 0 Å². The van der Waals surface area contributed by atoms with Crippen LogP contribution < -0.4 is 14.8 Å². The van der Waals surface area contributed by atoms with Crippen LogP contribution in [0.3, 0.4) is 0 Å². The van der Waals surface area contributed by atoms with E-state index in [1.807, 2.05) is 0 Å². The van der Waals surface area contributed by atoms with Crippen LogP contribution in [0, 0.1) is 0 Å². The molecule has 1 heterocycles. The van der Waals surface area contributed by atoms with Crippen molar-refractivity contribution in [1.82, 2.24) is 9.62 Å². The maximum absolute atomic E-state index is 12.7. The molecule has 19 heavy (non-hydrogen) atoms. The molecule has 1 N–H and O–H groups in total. The summed E-state index contributed by atoms with van der Waals surface area (Å²) in [6.45, 7) is 2.19. The van der Waals surface area contributed by atoms with E-state index in [0.717, 1.165) is 0 Å². The maximum atomic E-state index is 12.7. The molecule has 1 aliphatic rings. The molecule has 0 atom stereocenters. The monoisotopic (exact) mass is 286 g/mol. The molecule has 0 spiro atoms. The van der Waals surface area contributed by atoms with Gasteiger partial charge in [-0.3, -0.25) is 0 Å². The van der Waals surface area contributed by atoms with Crippen LogP contribution in [0.15, 0.2) is 23.1 Å². The lowest BCUT2D eigenvalue weighted by Crippen LogP contribution is -2.46. The van der Waals surface area contributed by atoms with Gasteiger partial charge in [-0.1, -0.05) is 6.07 Å². The molecule has 7 heteroatoms. The number of rotatable bonds is 4. The zero-order valence-corrected chi connectivity index (χ0v) is 11.9. The first-order valence-corrected chi connectivity index (χ1v) is 7.47. The van der Waals surface area contributed by atoms with E-state index in [1.54, 1.807) is 18.2 Å². The molecular weight excluding hydrogens is 268 g/mol. The molecule has 1 fully saturated rings. The van der Waals surface area contributed by atoms with Crippen molar-refractivity contribution in [3.63, 3.8) is 0 Å². The number of piperazine rings is 1. The number of ether oxygens (including phenoxy) is 2. The predicted molar refractivity (Wildman–Crippen MR) is 71.2 cm³/mol. The highest BCUT2D eigenvalue weighted by molar-refractivity contribution is 7.89. The van der Waals surface area contributed by atoms with Gasteiger partial charge in [-0.2, -0.15) is 4.31 Å². The van der Waals surface area contributed by atoms with Gasteiger partial charge in [0.25, 0.3) is 10.0 Å². The minimum Gasteiger partial charge on any atom is -0.495 e. The van der Waals surface area contributed by atoms with Gasteiger partial charge in [0.05, 0.1) is 14.2 Å². The SMILES string of the molecule is COc1cccc(OC)c1S(=O)(=O)N1CCNCC1. The Morgan fingerprint density at radius 3 is 2.11 bits per heavy atom. The van der Waals surface area contributed by atoms with E-state index in [-0.39, 0.29) is 4.90 Å². The van der Waals surface area contributed by atoms with Crippen molar-refractivity contribution in [2.75, 3.05) is 40.4 Å². The summed E-state index contributed by atoms with van der Waals surface area (Å²) in [5.41, 5.74) is 0.